The number of carbonyl (C=O) groups excluding carboxylic acids is 1. The molecule has 0 unspecified atom stereocenters. The van der Waals surface area contributed by atoms with Gasteiger partial charge in [0.15, 0.2) is 11.5 Å². The summed E-state index contributed by atoms with van der Waals surface area (Å²) in [7, 11) is 0. The summed E-state index contributed by atoms with van der Waals surface area (Å²) in [4.78, 5) is 11.9. The second-order valence-corrected chi connectivity index (χ2v) is 6.08. The number of rotatable bonds is 8. The van der Waals surface area contributed by atoms with E-state index in [1.807, 2.05) is 56.3 Å². The van der Waals surface area contributed by atoms with E-state index in [-0.39, 0.29) is 12.3 Å². The normalized spacial score (nSPS) is 10.7. The molecule has 0 radical (unpaired) electrons. The van der Waals surface area contributed by atoms with Gasteiger partial charge in [-0.15, -0.1) is 0 Å². The van der Waals surface area contributed by atoms with Crippen molar-refractivity contribution >= 4 is 28.1 Å². The van der Waals surface area contributed by atoms with Crippen molar-refractivity contribution in [1.82, 2.24) is 5.43 Å². The first-order valence-corrected chi connectivity index (χ1v) is 8.87. The third-order valence-electron chi connectivity index (χ3n) is 3.25. The van der Waals surface area contributed by atoms with Crippen LogP contribution >= 0.6 is 15.9 Å². The van der Waals surface area contributed by atoms with Gasteiger partial charge in [0.05, 0.1) is 25.8 Å². The van der Waals surface area contributed by atoms with Crippen molar-refractivity contribution in [2.75, 3.05) is 13.2 Å². The Kier molecular flexibility index (Phi) is 7.47. The van der Waals surface area contributed by atoms with Gasteiger partial charge in [-0.1, -0.05) is 28.1 Å². The minimum absolute atomic E-state index is 0.172. The molecular weight excluding hydrogens is 384 g/mol. The van der Waals surface area contributed by atoms with Crippen molar-refractivity contribution in [2.45, 2.75) is 20.3 Å². The van der Waals surface area contributed by atoms with Crippen LogP contribution in [0.1, 0.15) is 25.0 Å². The van der Waals surface area contributed by atoms with Crippen LogP contribution in [-0.2, 0) is 11.2 Å². The van der Waals surface area contributed by atoms with Gasteiger partial charge in [-0.3, -0.25) is 4.79 Å². The third kappa shape index (κ3) is 6.23. The van der Waals surface area contributed by atoms with E-state index in [1.165, 1.54) is 0 Å². The molecule has 0 saturated carbocycles. The molecule has 0 bridgehead atoms. The van der Waals surface area contributed by atoms with Crippen LogP contribution in [0, 0.1) is 0 Å². The molecule has 132 valence electrons. The number of ether oxygens (including phenoxy) is 2. The predicted octanol–water partition coefficient (Wildman–Crippen LogP) is 3.94. The van der Waals surface area contributed by atoms with Crippen molar-refractivity contribution in [3.8, 4) is 11.5 Å². The fraction of sp³-hybridized carbons (Fsp3) is 0.263. The molecule has 5 nitrogen and oxygen atoms in total. The van der Waals surface area contributed by atoms with Crippen molar-refractivity contribution in [3.05, 3.63) is 58.1 Å². The molecule has 2 aromatic carbocycles. The topological polar surface area (TPSA) is 59.9 Å². The fourth-order valence-electron chi connectivity index (χ4n) is 2.15. The lowest BCUT2D eigenvalue weighted by Crippen LogP contribution is -2.19. The van der Waals surface area contributed by atoms with Crippen LogP contribution < -0.4 is 14.9 Å². The van der Waals surface area contributed by atoms with Crippen LogP contribution in [0.2, 0.25) is 0 Å². The number of carbonyl (C=O) groups is 1. The monoisotopic (exact) mass is 404 g/mol. The number of benzene rings is 2. The smallest absolute Gasteiger partial charge is 0.244 e. The molecule has 0 heterocycles. The highest BCUT2D eigenvalue weighted by molar-refractivity contribution is 9.10. The first-order chi connectivity index (χ1) is 12.1. The summed E-state index contributed by atoms with van der Waals surface area (Å²) in [5, 5.41) is 4.00. The molecule has 0 aliphatic heterocycles. The molecule has 25 heavy (non-hydrogen) atoms. The van der Waals surface area contributed by atoms with E-state index in [0.717, 1.165) is 15.6 Å². The minimum atomic E-state index is -0.172. The number of halogens is 1. The number of nitrogens with one attached hydrogen (secondary N) is 1. The van der Waals surface area contributed by atoms with Crippen LogP contribution in [0.3, 0.4) is 0 Å². The number of hydrazone groups is 1. The number of hydrogen-bond acceptors (Lipinski definition) is 4. The highest BCUT2D eigenvalue weighted by Crippen LogP contribution is 2.27. The number of amides is 1. The van der Waals surface area contributed by atoms with Gasteiger partial charge in [-0.2, -0.15) is 5.10 Å². The van der Waals surface area contributed by atoms with E-state index < -0.39 is 0 Å². The summed E-state index contributed by atoms with van der Waals surface area (Å²) in [5.74, 6) is 1.19. The molecule has 1 amide bonds. The lowest BCUT2D eigenvalue weighted by Gasteiger charge is -2.11. The second kappa shape index (κ2) is 9.84. The van der Waals surface area contributed by atoms with Gasteiger partial charge in [0.2, 0.25) is 5.91 Å². The maximum atomic E-state index is 11.9. The van der Waals surface area contributed by atoms with E-state index in [0.29, 0.717) is 24.7 Å². The van der Waals surface area contributed by atoms with Crippen LogP contribution in [0.4, 0.5) is 0 Å². The van der Waals surface area contributed by atoms with Crippen molar-refractivity contribution in [2.24, 2.45) is 5.10 Å². The van der Waals surface area contributed by atoms with Gasteiger partial charge in [-0.05, 0) is 55.3 Å². The Balaban J connectivity index is 1.95. The SMILES string of the molecule is CCOc1ccc(/C=N/NC(=O)Cc2ccc(Br)cc2)cc1OCC. The number of hydrogen-bond donors (Lipinski definition) is 1. The van der Waals surface area contributed by atoms with Gasteiger partial charge in [0.1, 0.15) is 0 Å². The first kappa shape index (κ1) is 19.0. The summed E-state index contributed by atoms with van der Waals surface area (Å²) in [6, 6.07) is 13.1. The molecule has 0 spiro atoms. The van der Waals surface area contributed by atoms with Crippen molar-refractivity contribution < 1.29 is 14.3 Å². The molecule has 2 aromatic rings. The maximum Gasteiger partial charge on any atom is 0.244 e. The lowest BCUT2D eigenvalue weighted by molar-refractivity contribution is -0.120. The molecule has 2 rings (SSSR count). The predicted molar refractivity (Wildman–Crippen MR) is 102 cm³/mol. The Morgan fingerprint density at radius 2 is 1.76 bits per heavy atom. The zero-order chi connectivity index (χ0) is 18.1. The van der Waals surface area contributed by atoms with E-state index in [1.54, 1.807) is 6.21 Å². The Hall–Kier alpha value is -2.34. The van der Waals surface area contributed by atoms with Gasteiger partial charge in [0, 0.05) is 4.47 Å². The average molecular weight is 405 g/mol. The summed E-state index contributed by atoms with van der Waals surface area (Å²) in [6.45, 7) is 4.95. The Labute approximate surface area is 156 Å². The van der Waals surface area contributed by atoms with Gasteiger partial charge < -0.3 is 9.47 Å². The zero-order valence-corrected chi connectivity index (χ0v) is 15.9. The molecule has 0 fully saturated rings. The molecule has 0 saturated heterocycles. The Bertz CT molecular complexity index is 730. The van der Waals surface area contributed by atoms with Gasteiger partial charge >= 0.3 is 0 Å². The van der Waals surface area contributed by atoms with E-state index in [4.69, 9.17) is 9.47 Å². The van der Waals surface area contributed by atoms with Gasteiger partial charge in [0.25, 0.3) is 0 Å². The Morgan fingerprint density at radius 3 is 2.44 bits per heavy atom. The Morgan fingerprint density at radius 1 is 1.08 bits per heavy atom. The fourth-order valence-corrected chi connectivity index (χ4v) is 2.42. The van der Waals surface area contributed by atoms with Crippen LogP contribution in [-0.4, -0.2) is 25.3 Å². The van der Waals surface area contributed by atoms with Gasteiger partial charge in [-0.25, -0.2) is 5.43 Å². The molecule has 0 aromatic heterocycles. The largest absolute Gasteiger partial charge is 0.490 e. The van der Waals surface area contributed by atoms with Crippen molar-refractivity contribution in [3.63, 3.8) is 0 Å². The lowest BCUT2D eigenvalue weighted by atomic mass is 10.1. The van der Waals surface area contributed by atoms with Crippen LogP contribution in [0.15, 0.2) is 52.0 Å². The minimum Gasteiger partial charge on any atom is -0.490 e. The first-order valence-electron chi connectivity index (χ1n) is 8.08. The van der Waals surface area contributed by atoms with E-state index in [9.17, 15) is 4.79 Å². The molecule has 0 aliphatic carbocycles. The average Bonchev–Trinajstić information content (AvgIpc) is 2.59. The highest BCUT2D eigenvalue weighted by atomic mass is 79.9. The standard InChI is InChI=1S/C19H21BrN2O3/c1-3-24-17-10-7-15(11-18(17)25-4-2)13-21-22-19(23)12-14-5-8-16(20)9-6-14/h5-11,13H,3-4,12H2,1-2H3,(H,22,23)/b21-13+. The second-order valence-electron chi connectivity index (χ2n) is 5.17. The molecule has 0 aliphatic rings. The third-order valence-corrected chi connectivity index (χ3v) is 3.78. The zero-order valence-electron chi connectivity index (χ0n) is 14.3. The number of nitrogens with zero attached hydrogens (tertiary/aromatic N) is 1. The van der Waals surface area contributed by atoms with E-state index >= 15 is 0 Å². The molecular formula is C19H21BrN2O3. The van der Waals surface area contributed by atoms with Crippen molar-refractivity contribution in [1.29, 1.82) is 0 Å². The molecule has 6 heteroatoms. The van der Waals surface area contributed by atoms with E-state index in [2.05, 4.69) is 26.5 Å². The maximum absolute atomic E-state index is 11.9. The summed E-state index contributed by atoms with van der Waals surface area (Å²) < 4.78 is 12.1. The highest BCUT2D eigenvalue weighted by Gasteiger charge is 2.05. The summed E-state index contributed by atoms with van der Waals surface area (Å²) in [5.41, 5.74) is 4.27. The molecule has 0 atom stereocenters. The quantitative estimate of drug-likeness (QED) is 0.535. The summed E-state index contributed by atoms with van der Waals surface area (Å²) in [6.07, 6.45) is 1.86. The van der Waals surface area contributed by atoms with Crippen LogP contribution in [0.5, 0.6) is 11.5 Å². The molecule has 1 N–H and O–H groups in total. The summed E-state index contributed by atoms with van der Waals surface area (Å²) >= 11 is 3.37. The van der Waals surface area contributed by atoms with Crippen LogP contribution in [0.25, 0.3) is 0 Å².